The van der Waals surface area contributed by atoms with Crippen LogP contribution in [0, 0.1) is 11.8 Å². The number of nitrogens with two attached hydrogens (primary N) is 3. The van der Waals surface area contributed by atoms with E-state index in [0.29, 0.717) is 83.2 Å². The van der Waals surface area contributed by atoms with Gasteiger partial charge < -0.3 is 69.2 Å². The quantitative estimate of drug-likeness (QED) is 0.0234. The third-order valence-corrected chi connectivity index (χ3v) is 15.3. The minimum atomic E-state index is -1.54. The normalized spacial score (nSPS) is 18.7. The highest BCUT2D eigenvalue weighted by atomic mass is 32.1. The highest BCUT2D eigenvalue weighted by Gasteiger charge is 2.31. The van der Waals surface area contributed by atoms with E-state index in [1.165, 1.54) is 0 Å². The van der Waals surface area contributed by atoms with Crippen LogP contribution in [0.25, 0.3) is 10.8 Å². The van der Waals surface area contributed by atoms with Crippen molar-refractivity contribution in [2.24, 2.45) is 29.0 Å². The van der Waals surface area contributed by atoms with Crippen molar-refractivity contribution in [3.8, 4) is 0 Å². The molecule has 27 heteroatoms. The third kappa shape index (κ3) is 24.2. The lowest BCUT2D eigenvalue weighted by atomic mass is 9.81. The molecule has 7 amide bonds. The fourth-order valence-electron chi connectivity index (χ4n) is 10.5. The van der Waals surface area contributed by atoms with Crippen LogP contribution in [-0.4, -0.2) is 209 Å². The van der Waals surface area contributed by atoms with Gasteiger partial charge in [-0.1, -0.05) is 54.6 Å². The Hall–Kier alpha value is -7.85. The molecule has 2 fully saturated rings. The van der Waals surface area contributed by atoms with Crippen LogP contribution < -0.4 is 49.1 Å². The van der Waals surface area contributed by atoms with Crippen LogP contribution in [0.3, 0.4) is 0 Å². The third-order valence-electron chi connectivity index (χ3n) is 15.0. The second-order valence-electron chi connectivity index (χ2n) is 21.5. The number of anilines is 1. The van der Waals surface area contributed by atoms with Crippen LogP contribution in [0.5, 0.6) is 0 Å². The first-order valence-corrected chi connectivity index (χ1v) is 28.7. The smallest absolute Gasteiger partial charge is 0.326 e. The summed E-state index contributed by atoms with van der Waals surface area (Å²) in [7, 11) is 0. The largest absolute Gasteiger partial charge is 0.481 e. The number of benzene rings is 3. The molecule has 5 rings (SSSR count). The van der Waals surface area contributed by atoms with E-state index < -0.39 is 78.5 Å². The Labute approximate surface area is 493 Å². The van der Waals surface area contributed by atoms with E-state index in [1.54, 1.807) is 0 Å². The number of aliphatic carboxylic acids is 3. The van der Waals surface area contributed by atoms with E-state index in [1.807, 2.05) is 86.3 Å². The fourth-order valence-corrected chi connectivity index (χ4v) is 10.7. The zero-order chi connectivity index (χ0) is 61.1. The lowest BCUT2D eigenvalue weighted by Crippen LogP contribution is -2.54. The summed E-state index contributed by atoms with van der Waals surface area (Å²) in [4.78, 5) is 130. The first-order chi connectivity index (χ1) is 40.1. The predicted octanol–water partition coefficient (Wildman–Crippen LogP) is -0.196. The molecule has 0 radical (unpaired) electrons. The molecule has 1 saturated carbocycles. The van der Waals surface area contributed by atoms with E-state index in [0.717, 1.165) is 46.7 Å². The van der Waals surface area contributed by atoms with Crippen molar-refractivity contribution >= 4 is 93.6 Å². The number of fused-ring (bicyclic) bond motifs is 1. The van der Waals surface area contributed by atoms with Gasteiger partial charge in [0.15, 0.2) is 5.11 Å². The average Bonchev–Trinajstić information content (AvgIpc) is 3.57. The van der Waals surface area contributed by atoms with E-state index in [-0.39, 0.29) is 75.8 Å². The highest BCUT2D eigenvalue weighted by molar-refractivity contribution is 7.80. The number of unbranched alkanes of at least 4 members (excludes halogenated alkanes) is 1. The summed E-state index contributed by atoms with van der Waals surface area (Å²) in [6.45, 7) is 3.62. The lowest BCUT2D eigenvalue weighted by molar-refractivity contribution is -0.141. The number of thiocarbonyl (C=S) groups is 1. The first-order valence-electron chi connectivity index (χ1n) is 28.3. The van der Waals surface area contributed by atoms with E-state index >= 15 is 0 Å². The molecule has 3 aromatic carbocycles. The van der Waals surface area contributed by atoms with Crippen LogP contribution in [0.1, 0.15) is 68.9 Å². The fraction of sp³-hybridized carbons (Fsp3) is 0.526. The van der Waals surface area contributed by atoms with Gasteiger partial charge in [0.2, 0.25) is 29.5 Å². The van der Waals surface area contributed by atoms with Gasteiger partial charge >= 0.3 is 23.9 Å². The number of hydrogen-bond donors (Lipinski definition) is 12. The summed E-state index contributed by atoms with van der Waals surface area (Å²) in [5.41, 5.74) is 19.5. The Morgan fingerprint density at radius 2 is 1.24 bits per heavy atom. The Morgan fingerprint density at radius 3 is 1.87 bits per heavy atom. The van der Waals surface area contributed by atoms with Crippen molar-refractivity contribution in [3.05, 3.63) is 77.9 Å². The van der Waals surface area contributed by atoms with Gasteiger partial charge in [0.05, 0.1) is 26.2 Å². The minimum Gasteiger partial charge on any atom is -0.481 e. The number of nitrogens with one attached hydrogen (secondary N) is 6. The molecule has 1 aliphatic carbocycles. The average molecular weight is 1190 g/mol. The van der Waals surface area contributed by atoms with Crippen LogP contribution in [-0.2, 0) is 56.0 Å². The maximum absolute atomic E-state index is 13.9. The summed E-state index contributed by atoms with van der Waals surface area (Å²) in [6, 6.07) is 16.0. The topological polar surface area (TPSA) is 395 Å². The molecule has 0 bridgehead atoms. The molecule has 2 aliphatic rings. The van der Waals surface area contributed by atoms with Crippen molar-refractivity contribution < 1.29 is 63.3 Å². The van der Waals surface area contributed by atoms with Gasteiger partial charge in [0.1, 0.15) is 24.4 Å². The number of nitrogens with zero attached hydrogens (tertiary/aromatic N) is 4. The number of carbonyl (C=O) groups is 10. The lowest BCUT2D eigenvalue weighted by Gasteiger charge is -2.38. The first kappa shape index (κ1) is 66.9. The summed E-state index contributed by atoms with van der Waals surface area (Å²) in [6.07, 6.45) is 3.68. The summed E-state index contributed by atoms with van der Waals surface area (Å²) < 4.78 is 0. The van der Waals surface area contributed by atoms with Crippen LogP contribution in [0.2, 0.25) is 0 Å². The maximum Gasteiger partial charge on any atom is 0.326 e. The molecule has 1 heterocycles. The van der Waals surface area contributed by atoms with Crippen molar-refractivity contribution in [1.29, 1.82) is 0 Å². The number of carboxylic acids is 3. The van der Waals surface area contributed by atoms with Crippen molar-refractivity contribution in [3.63, 3.8) is 0 Å². The molecule has 3 aromatic rings. The second kappa shape index (κ2) is 34.7. The molecule has 26 nitrogen and oxygen atoms in total. The number of carbonyl (C=O) groups excluding carboxylic acids is 7. The van der Waals surface area contributed by atoms with Gasteiger partial charge in [0.25, 0.3) is 0 Å². The highest BCUT2D eigenvalue weighted by Crippen LogP contribution is 2.29. The monoisotopic (exact) mass is 1190 g/mol. The van der Waals surface area contributed by atoms with Gasteiger partial charge in [-0.2, -0.15) is 0 Å². The van der Waals surface area contributed by atoms with Gasteiger partial charge in [-0.3, -0.25) is 48.4 Å². The number of urea groups is 1. The van der Waals surface area contributed by atoms with Crippen molar-refractivity contribution in [2.75, 3.05) is 90.4 Å². The molecule has 0 spiro atoms. The molecule has 1 unspecified atom stereocenters. The van der Waals surface area contributed by atoms with Gasteiger partial charge in [-0.05, 0) is 110 Å². The van der Waals surface area contributed by atoms with Crippen molar-refractivity contribution in [1.82, 2.24) is 46.2 Å². The Morgan fingerprint density at radius 1 is 0.643 bits per heavy atom. The van der Waals surface area contributed by atoms with Crippen LogP contribution in [0.15, 0.2) is 66.7 Å². The van der Waals surface area contributed by atoms with E-state index in [9.17, 15) is 58.2 Å². The molecular weight excluding hydrogens is 1110 g/mol. The molecule has 15 N–H and O–H groups in total. The SMILES string of the molecule is NC(=O)CN1CCN(CC=O)CCN(CC(N)=O)CC(Cc2ccc(NC(=S)NCC3CCC(C(=O)N[C@@H](Cc4ccc5ccccc5c4)C(=O)NCCCC[C@H](NC(=O)N[C@@H](CCC(=O)O)C(=O)O)C(=O)O)CC3)cc2)N(CC(N)=O)CC1. The summed E-state index contributed by atoms with van der Waals surface area (Å²) in [5, 5.41) is 47.1. The number of carboxylic acid groups (broad SMARTS) is 3. The van der Waals surface area contributed by atoms with Crippen LogP contribution in [0.4, 0.5) is 10.5 Å². The number of amides is 7. The molecular formula is C57H81N13O13S. The summed E-state index contributed by atoms with van der Waals surface area (Å²) >= 11 is 5.69. The second-order valence-corrected chi connectivity index (χ2v) is 21.9. The Balaban J connectivity index is 1.13. The summed E-state index contributed by atoms with van der Waals surface area (Å²) in [5.74, 6) is -6.46. The van der Waals surface area contributed by atoms with Crippen molar-refractivity contribution in [2.45, 2.75) is 94.8 Å². The maximum atomic E-state index is 13.9. The minimum absolute atomic E-state index is 0.00605. The van der Waals surface area contributed by atoms with Gasteiger partial charge in [-0.25, -0.2) is 14.4 Å². The Bertz CT molecular complexity index is 2750. The zero-order valence-corrected chi connectivity index (χ0v) is 48.0. The number of aldehydes is 1. The number of rotatable bonds is 30. The Kier molecular flexibility index (Phi) is 27.6. The molecule has 1 aliphatic heterocycles. The number of hydrogen-bond acceptors (Lipinski definition) is 15. The van der Waals surface area contributed by atoms with Gasteiger partial charge in [0, 0.05) is 89.4 Å². The molecule has 1 saturated heterocycles. The zero-order valence-electron chi connectivity index (χ0n) is 47.2. The standard InChI is InChI=1S/C57H81N13O13S/c58-48(72)34-68-23-21-67(27-28-71)22-24-69(35-49(59)73)33-44(70(26-25-68)36-50(60)74)30-37-11-16-43(17-12-37)63-57(84)62-32-38-8-14-41(15-9-38)52(77)64-47(31-39-10-13-40-5-1-2-6-42(40)29-39)53(78)61-20-4-3-7-45(54(79)80)65-56(83)66-46(55(81)82)18-19-51(75)76/h1-2,5-6,10-13,16-17,28-29,38,41,44-47H,3-4,7-9,14-15,18-27,30-36H2,(H2,58,72)(H2,59,73)(H2,60,74)(H,61,78)(H,64,77)(H,75,76)(H,79,80)(H,81,82)(H2,62,63,84)(H2,65,66,83)/t38?,41?,44?,45-,46-,47-/m0/s1. The van der Waals surface area contributed by atoms with Gasteiger partial charge in [-0.15, -0.1) is 0 Å². The van der Waals surface area contributed by atoms with E-state index in [4.69, 9.17) is 34.5 Å². The van der Waals surface area contributed by atoms with Crippen LogP contribution >= 0.6 is 12.2 Å². The van der Waals surface area contributed by atoms with E-state index in [2.05, 4.69) is 31.9 Å². The predicted molar refractivity (Wildman–Crippen MR) is 316 cm³/mol. The number of primary amides is 3. The molecule has 84 heavy (non-hydrogen) atoms. The molecule has 458 valence electrons. The molecule has 4 atom stereocenters. The molecule has 0 aromatic heterocycles.